The van der Waals surface area contributed by atoms with Gasteiger partial charge in [0.2, 0.25) is 11.8 Å². The number of hydrogen-bond donors (Lipinski definition) is 2. The highest BCUT2D eigenvalue weighted by Crippen LogP contribution is 2.35. The summed E-state index contributed by atoms with van der Waals surface area (Å²) in [5.41, 5.74) is 1.04. The van der Waals surface area contributed by atoms with Crippen molar-refractivity contribution in [1.82, 2.24) is 15.5 Å². The van der Waals surface area contributed by atoms with E-state index in [2.05, 4.69) is 21.6 Å². The Morgan fingerprint density at radius 2 is 1.97 bits per heavy atom. The third kappa shape index (κ3) is 9.35. The van der Waals surface area contributed by atoms with E-state index in [0.29, 0.717) is 43.5 Å². The second kappa shape index (κ2) is 15.6. The highest BCUT2D eigenvalue weighted by atomic mass is 35.5. The van der Waals surface area contributed by atoms with Crippen molar-refractivity contribution < 1.29 is 14.3 Å². The van der Waals surface area contributed by atoms with Gasteiger partial charge in [-0.2, -0.15) is 0 Å². The maximum Gasteiger partial charge on any atom is 0.222 e. The van der Waals surface area contributed by atoms with Gasteiger partial charge in [-0.15, -0.1) is 0 Å². The smallest absolute Gasteiger partial charge is 0.222 e. The van der Waals surface area contributed by atoms with Gasteiger partial charge in [0, 0.05) is 43.4 Å². The molecule has 2 N–H and O–H groups in total. The molecule has 0 aromatic heterocycles. The van der Waals surface area contributed by atoms with Crippen LogP contribution in [-0.2, 0) is 14.3 Å². The first-order valence-electron chi connectivity index (χ1n) is 14.1. The summed E-state index contributed by atoms with van der Waals surface area (Å²) in [7, 11) is 1.99. The fraction of sp³-hybridized carbons (Fsp3) is 0.724. The molecular formula is C29H46ClN3O3. The van der Waals surface area contributed by atoms with Gasteiger partial charge in [-0.1, -0.05) is 62.8 Å². The highest BCUT2D eigenvalue weighted by Gasteiger charge is 2.32. The monoisotopic (exact) mass is 519 g/mol. The molecule has 1 saturated heterocycles. The minimum Gasteiger partial charge on any atom is -0.371 e. The normalized spacial score (nSPS) is 20.6. The van der Waals surface area contributed by atoms with Gasteiger partial charge in [-0.3, -0.25) is 9.59 Å². The second-order valence-corrected chi connectivity index (χ2v) is 11.1. The molecule has 1 aliphatic carbocycles. The number of rotatable bonds is 13. The summed E-state index contributed by atoms with van der Waals surface area (Å²) in [5.74, 6) is 1.66. The van der Waals surface area contributed by atoms with E-state index in [4.69, 9.17) is 16.3 Å². The van der Waals surface area contributed by atoms with Gasteiger partial charge in [0.05, 0.1) is 12.7 Å². The van der Waals surface area contributed by atoms with Crippen LogP contribution in [0.3, 0.4) is 0 Å². The van der Waals surface area contributed by atoms with E-state index in [1.165, 1.54) is 32.1 Å². The number of nitrogens with zero attached hydrogens (tertiary/aromatic N) is 1. The lowest BCUT2D eigenvalue weighted by molar-refractivity contribution is -0.136. The molecule has 1 aliphatic heterocycles. The van der Waals surface area contributed by atoms with E-state index in [9.17, 15) is 9.59 Å². The zero-order valence-corrected chi connectivity index (χ0v) is 23.0. The molecule has 2 amide bonds. The predicted molar refractivity (Wildman–Crippen MR) is 146 cm³/mol. The van der Waals surface area contributed by atoms with Crippen LogP contribution in [0.25, 0.3) is 0 Å². The summed E-state index contributed by atoms with van der Waals surface area (Å²) < 4.78 is 6.34. The zero-order valence-electron chi connectivity index (χ0n) is 22.3. The molecule has 1 aromatic rings. The van der Waals surface area contributed by atoms with Crippen molar-refractivity contribution in [2.45, 2.75) is 77.2 Å². The minimum atomic E-state index is -0.159. The van der Waals surface area contributed by atoms with Crippen LogP contribution < -0.4 is 10.6 Å². The van der Waals surface area contributed by atoms with Crippen molar-refractivity contribution in [2.24, 2.45) is 17.8 Å². The number of likely N-dealkylation sites (tertiary alicyclic amines) is 1. The van der Waals surface area contributed by atoms with Crippen LogP contribution in [0.5, 0.6) is 0 Å². The van der Waals surface area contributed by atoms with Gasteiger partial charge in [-0.25, -0.2) is 0 Å². The molecule has 6 nitrogen and oxygen atoms in total. The van der Waals surface area contributed by atoms with Crippen molar-refractivity contribution >= 4 is 23.4 Å². The van der Waals surface area contributed by atoms with Gasteiger partial charge >= 0.3 is 0 Å². The first-order valence-corrected chi connectivity index (χ1v) is 14.4. The molecular weight excluding hydrogens is 474 g/mol. The van der Waals surface area contributed by atoms with Crippen molar-refractivity contribution in [3.05, 3.63) is 34.9 Å². The maximum absolute atomic E-state index is 13.4. The molecule has 1 heterocycles. The van der Waals surface area contributed by atoms with E-state index >= 15 is 0 Å². The quantitative estimate of drug-likeness (QED) is 0.344. The van der Waals surface area contributed by atoms with E-state index in [1.807, 2.05) is 32.2 Å². The second-order valence-electron chi connectivity index (χ2n) is 10.7. The fourth-order valence-corrected chi connectivity index (χ4v) is 6.17. The number of nitrogens with one attached hydrogen (secondary N) is 2. The summed E-state index contributed by atoms with van der Waals surface area (Å²) >= 11 is 6.31. The molecule has 36 heavy (non-hydrogen) atoms. The van der Waals surface area contributed by atoms with Gasteiger partial charge in [-0.05, 0) is 62.4 Å². The van der Waals surface area contributed by atoms with Crippen LogP contribution in [0, 0.1) is 17.8 Å². The molecule has 1 saturated carbocycles. The fourth-order valence-electron chi connectivity index (χ4n) is 5.97. The van der Waals surface area contributed by atoms with Gasteiger partial charge < -0.3 is 20.3 Å². The van der Waals surface area contributed by atoms with Gasteiger partial charge in [0.15, 0.2) is 0 Å². The summed E-state index contributed by atoms with van der Waals surface area (Å²) in [6, 6.07) is 7.83. The Labute approximate surface area is 222 Å². The number of piperidine rings is 1. The van der Waals surface area contributed by atoms with Crippen LogP contribution in [-0.4, -0.2) is 56.5 Å². The summed E-state index contributed by atoms with van der Waals surface area (Å²) in [5, 5.41) is 6.90. The SMILES string of the molecule is CCC(=O)NCCO[C@@H](c1cccc(Cl)c1)[C@@H]1CCCN(C(=O)C[C@H](CNC)CC2CCCCC2)C1. The zero-order chi connectivity index (χ0) is 25.8. The number of ether oxygens (including phenoxy) is 1. The van der Waals surface area contributed by atoms with Crippen LogP contribution in [0.2, 0.25) is 5.02 Å². The molecule has 0 spiro atoms. The van der Waals surface area contributed by atoms with Gasteiger partial charge in [0.25, 0.3) is 0 Å². The van der Waals surface area contributed by atoms with Crippen LogP contribution >= 0.6 is 11.6 Å². The molecule has 7 heteroatoms. The van der Waals surface area contributed by atoms with Gasteiger partial charge in [0.1, 0.15) is 0 Å². The topological polar surface area (TPSA) is 70.7 Å². The maximum atomic E-state index is 13.4. The van der Waals surface area contributed by atoms with Crippen molar-refractivity contribution in [2.75, 3.05) is 39.8 Å². The molecule has 0 unspecified atom stereocenters. The molecule has 2 aliphatic rings. The number of hydrogen-bond acceptors (Lipinski definition) is 4. The van der Waals surface area contributed by atoms with Crippen LogP contribution in [0.15, 0.2) is 24.3 Å². The molecule has 3 rings (SSSR count). The number of halogens is 1. The average Bonchev–Trinajstić information content (AvgIpc) is 2.89. The standard InChI is InChI=1S/C29H46ClN3O3/c1-3-27(34)32-14-16-36-29(24-11-7-13-26(30)19-24)25-12-8-15-33(21-25)28(35)18-23(20-31-2)17-22-9-5-4-6-10-22/h7,11,13,19,22-23,25,29,31H,3-6,8-10,12,14-18,20-21H2,1-2H3,(H,32,34)/t23-,25-,29+/m1/s1. The summed E-state index contributed by atoms with van der Waals surface area (Å²) in [6.45, 7) is 5.17. The average molecular weight is 520 g/mol. The van der Waals surface area contributed by atoms with E-state index < -0.39 is 0 Å². The first-order chi connectivity index (χ1) is 17.5. The Kier molecular flexibility index (Phi) is 12.5. The number of amides is 2. The molecule has 1 aromatic carbocycles. The molecule has 202 valence electrons. The Balaban J connectivity index is 1.62. The third-order valence-electron chi connectivity index (χ3n) is 7.81. The first kappa shape index (κ1) is 28.9. The Morgan fingerprint density at radius 1 is 1.17 bits per heavy atom. The molecule has 0 bridgehead atoms. The Morgan fingerprint density at radius 3 is 2.69 bits per heavy atom. The molecule has 2 fully saturated rings. The predicted octanol–water partition coefficient (Wildman–Crippen LogP) is 5.36. The third-order valence-corrected chi connectivity index (χ3v) is 8.04. The highest BCUT2D eigenvalue weighted by molar-refractivity contribution is 6.30. The Bertz CT molecular complexity index is 815. The van der Waals surface area contributed by atoms with Crippen LogP contribution in [0.4, 0.5) is 0 Å². The molecule has 0 radical (unpaired) electrons. The van der Waals surface area contributed by atoms with Crippen molar-refractivity contribution in [3.8, 4) is 0 Å². The van der Waals surface area contributed by atoms with E-state index in [-0.39, 0.29) is 23.8 Å². The lowest BCUT2D eigenvalue weighted by Crippen LogP contribution is -2.43. The largest absolute Gasteiger partial charge is 0.371 e. The van der Waals surface area contributed by atoms with E-state index in [1.54, 1.807) is 0 Å². The Hall–Kier alpha value is -1.63. The summed E-state index contributed by atoms with van der Waals surface area (Å²) in [4.78, 5) is 27.1. The lowest BCUT2D eigenvalue weighted by atomic mass is 9.81. The minimum absolute atomic E-state index is 0.0247. The van der Waals surface area contributed by atoms with Crippen LogP contribution in [0.1, 0.15) is 82.8 Å². The summed E-state index contributed by atoms with van der Waals surface area (Å²) in [6.07, 6.45) is 10.7. The number of carbonyl (C=O) groups excluding carboxylic acids is 2. The van der Waals surface area contributed by atoms with Crippen molar-refractivity contribution in [3.63, 3.8) is 0 Å². The van der Waals surface area contributed by atoms with E-state index in [0.717, 1.165) is 43.8 Å². The lowest BCUT2D eigenvalue weighted by Gasteiger charge is -2.38. The number of carbonyl (C=O) groups is 2. The molecule has 3 atom stereocenters. The van der Waals surface area contributed by atoms with Crippen molar-refractivity contribution in [1.29, 1.82) is 0 Å². The number of benzene rings is 1.